The van der Waals surface area contributed by atoms with Gasteiger partial charge < -0.3 is 19.9 Å². The Bertz CT molecular complexity index is 672. The van der Waals surface area contributed by atoms with E-state index in [1.165, 1.54) is 11.6 Å². The summed E-state index contributed by atoms with van der Waals surface area (Å²) in [4.78, 5) is 4.16. The minimum absolute atomic E-state index is 0. The molecule has 0 aliphatic carbocycles. The largest absolute Gasteiger partial charge is 0.491 e. The van der Waals surface area contributed by atoms with Crippen LogP contribution in [0.2, 0.25) is 0 Å². The van der Waals surface area contributed by atoms with Gasteiger partial charge in [0, 0.05) is 39.6 Å². The molecule has 0 amide bonds. The molecule has 1 aromatic heterocycles. The molecule has 0 bridgehead atoms. The maximum atomic E-state index is 13.8. The van der Waals surface area contributed by atoms with Gasteiger partial charge in [-0.05, 0) is 36.2 Å². The fourth-order valence-electron chi connectivity index (χ4n) is 2.18. The maximum absolute atomic E-state index is 13.8. The molecule has 2 rings (SSSR count). The summed E-state index contributed by atoms with van der Waals surface area (Å²) >= 11 is 0. The molecule has 0 spiro atoms. The molecule has 2 aromatic rings. The predicted octanol–water partition coefficient (Wildman–Crippen LogP) is 3.05. The lowest BCUT2D eigenvalue weighted by atomic mass is 10.2. The lowest BCUT2D eigenvalue weighted by Crippen LogP contribution is -2.36. The molecule has 2 N–H and O–H groups in total. The molecule has 0 unspecified atom stereocenters. The Labute approximate surface area is 159 Å². The van der Waals surface area contributed by atoms with Crippen LogP contribution in [0.3, 0.4) is 0 Å². The third-order valence-electron chi connectivity index (χ3n) is 3.33. The van der Waals surface area contributed by atoms with Crippen molar-refractivity contribution in [2.24, 2.45) is 12.0 Å². The van der Waals surface area contributed by atoms with Crippen molar-refractivity contribution in [3.8, 4) is 5.75 Å². The van der Waals surface area contributed by atoms with Gasteiger partial charge in [-0.15, -0.1) is 24.0 Å². The monoisotopic (exact) mass is 446 g/mol. The minimum atomic E-state index is -0.349. The molecule has 0 atom stereocenters. The number of nitrogens with one attached hydrogen (secondary N) is 2. The molecule has 1 heterocycles. The van der Waals surface area contributed by atoms with E-state index in [1.54, 1.807) is 13.1 Å². The number of guanidine groups is 1. The normalized spacial score (nSPS) is 10.9. The van der Waals surface area contributed by atoms with Gasteiger partial charge >= 0.3 is 0 Å². The third-order valence-corrected chi connectivity index (χ3v) is 3.33. The van der Waals surface area contributed by atoms with Crippen molar-refractivity contribution in [3.05, 3.63) is 53.6 Å². The maximum Gasteiger partial charge on any atom is 0.191 e. The lowest BCUT2D eigenvalue weighted by molar-refractivity contribution is 0.321. The standard InChI is InChI=1S/C17H23FN4O.HI/c1-4-23-16-6-5-13(9-15(16)18)10-20-17(19-2)21-11-14-7-8-22(3)12-14;/h5-9,12H,4,10-11H2,1-3H3,(H2,19,20,21);1H. The van der Waals surface area contributed by atoms with Gasteiger partial charge in [0.05, 0.1) is 6.61 Å². The molecule has 5 nitrogen and oxygen atoms in total. The highest BCUT2D eigenvalue weighted by Crippen LogP contribution is 2.18. The predicted molar refractivity (Wildman–Crippen MR) is 105 cm³/mol. The van der Waals surface area contributed by atoms with Crippen LogP contribution in [-0.4, -0.2) is 24.2 Å². The highest BCUT2D eigenvalue weighted by Gasteiger charge is 2.05. The summed E-state index contributed by atoms with van der Waals surface area (Å²) in [5.41, 5.74) is 2.00. The van der Waals surface area contributed by atoms with Crippen molar-refractivity contribution in [3.63, 3.8) is 0 Å². The first kappa shape index (κ1) is 20.3. The van der Waals surface area contributed by atoms with E-state index < -0.39 is 0 Å². The average molecular weight is 446 g/mol. The topological polar surface area (TPSA) is 50.6 Å². The zero-order valence-corrected chi connectivity index (χ0v) is 16.5. The Hall–Kier alpha value is -1.77. The summed E-state index contributed by atoms with van der Waals surface area (Å²) in [6.45, 7) is 3.44. The molecule has 132 valence electrons. The fraction of sp³-hybridized carbons (Fsp3) is 0.353. The summed E-state index contributed by atoms with van der Waals surface area (Å²) in [6, 6.07) is 7.01. The van der Waals surface area contributed by atoms with E-state index in [2.05, 4.69) is 15.6 Å². The van der Waals surface area contributed by atoms with Crippen molar-refractivity contribution >= 4 is 29.9 Å². The van der Waals surface area contributed by atoms with Crippen molar-refractivity contribution < 1.29 is 9.13 Å². The average Bonchev–Trinajstić information content (AvgIpc) is 2.95. The molecule has 0 radical (unpaired) electrons. The second kappa shape index (κ2) is 10.2. The van der Waals surface area contributed by atoms with Crippen LogP contribution in [0.15, 0.2) is 41.7 Å². The Kier molecular flexibility index (Phi) is 8.59. The molecule has 0 saturated carbocycles. The van der Waals surface area contributed by atoms with E-state index in [9.17, 15) is 4.39 Å². The number of hydrogen-bond donors (Lipinski definition) is 2. The van der Waals surface area contributed by atoms with Gasteiger partial charge in [0.1, 0.15) is 0 Å². The first-order valence-electron chi connectivity index (χ1n) is 7.59. The van der Waals surface area contributed by atoms with E-state index in [0.29, 0.717) is 25.7 Å². The van der Waals surface area contributed by atoms with Crippen LogP contribution >= 0.6 is 24.0 Å². The van der Waals surface area contributed by atoms with Crippen molar-refractivity contribution in [1.29, 1.82) is 0 Å². The highest BCUT2D eigenvalue weighted by molar-refractivity contribution is 14.0. The molecular formula is C17H24FIN4O. The summed E-state index contributed by atoms with van der Waals surface area (Å²) < 4.78 is 21.0. The van der Waals surface area contributed by atoms with E-state index in [-0.39, 0.29) is 35.5 Å². The van der Waals surface area contributed by atoms with Gasteiger partial charge in [-0.25, -0.2) is 4.39 Å². The number of benzene rings is 1. The lowest BCUT2D eigenvalue weighted by Gasteiger charge is -2.12. The van der Waals surface area contributed by atoms with Gasteiger partial charge in [0.15, 0.2) is 17.5 Å². The molecule has 0 aliphatic heterocycles. The molecule has 0 fully saturated rings. The van der Waals surface area contributed by atoms with Crippen molar-refractivity contribution in [2.75, 3.05) is 13.7 Å². The van der Waals surface area contributed by atoms with Crippen LogP contribution in [0.25, 0.3) is 0 Å². The smallest absolute Gasteiger partial charge is 0.191 e. The number of nitrogens with zero attached hydrogens (tertiary/aromatic N) is 2. The summed E-state index contributed by atoms with van der Waals surface area (Å²) in [5, 5.41) is 6.39. The van der Waals surface area contributed by atoms with Crippen molar-refractivity contribution in [1.82, 2.24) is 15.2 Å². The van der Waals surface area contributed by atoms with Gasteiger partial charge in [-0.1, -0.05) is 6.07 Å². The molecule has 0 aliphatic rings. The SMILES string of the molecule is CCOc1ccc(CNC(=NC)NCc2ccn(C)c2)cc1F.I. The van der Waals surface area contributed by atoms with Gasteiger partial charge in [0.25, 0.3) is 0 Å². The first-order valence-corrected chi connectivity index (χ1v) is 7.59. The number of halogens is 2. The number of aryl methyl sites for hydroxylation is 1. The van der Waals surface area contributed by atoms with Crippen LogP contribution in [0.1, 0.15) is 18.1 Å². The summed E-state index contributed by atoms with van der Waals surface area (Å²) in [5.74, 6) is 0.601. The number of ether oxygens (including phenoxy) is 1. The number of hydrogen-bond acceptors (Lipinski definition) is 2. The third kappa shape index (κ3) is 6.03. The Balaban J connectivity index is 0.00000288. The first-order chi connectivity index (χ1) is 11.1. The van der Waals surface area contributed by atoms with Crippen LogP contribution in [0.5, 0.6) is 5.75 Å². The molecule has 1 aromatic carbocycles. The van der Waals surface area contributed by atoms with E-state index in [0.717, 1.165) is 5.56 Å². The number of aliphatic imine (C=N–C) groups is 1. The Morgan fingerprint density at radius 3 is 2.46 bits per heavy atom. The van der Waals surface area contributed by atoms with E-state index >= 15 is 0 Å². The van der Waals surface area contributed by atoms with Gasteiger partial charge in [0.2, 0.25) is 0 Å². The van der Waals surface area contributed by atoms with Crippen LogP contribution in [0, 0.1) is 5.82 Å². The summed E-state index contributed by atoms with van der Waals surface area (Å²) in [7, 11) is 3.69. The quantitative estimate of drug-likeness (QED) is 0.408. The van der Waals surface area contributed by atoms with Gasteiger partial charge in [-0.3, -0.25) is 4.99 Å². The second-order valence-corrected chi connectivity index (χ2v) is 5.16. The van der Waals surface area contributed by atoms with Crippen LogP contribution in [0.4, 0.5) is 4.39 Å². The van der Waals surface area contributed by atoms with E-state index in [4.69, 9.17) is 4.74 Å². The number of aromatic nitrogens is 1. The van der Waals surface area contributed by atoms with Crippen LogP contribution in [-0.2, 0) is 20.1 Å². The Morgan fingerprint density at radius 1 is 1.21 bits per heavy atom. The minimum Gasteiger partial charge on any atom is -0.491 e. The highest BCUT2D eigenvalue weighted by atomic mass is 127. The van der Waals surface area contributed by atoms with Crippen molar-refractivity contribution in [2.45, 2.75) is 20.0 Å². The van der Waals surface area contributed by atoms with E-state index in [1.807, 2.05) is 43.1 Å². The summed E-state index contributed by atoms with van der Waals surface area (Å²) in [6.07, 6.45) is 4.04. The van der Waals surface area contributed by atoms with Crippen LogP contribution < -0.4 is 15.4 Å². The molecular weight excluding hydrogens is 422 g/mol. The molecule has 7 heteroatoms. The van der Waals surface area contributed by atoms with Gasteiger partial charge in [-0.2, -0.15) is 0 Å². The number of rotatable bonds is 6. The second-order valence-electron chi connectivity index (χ2n) is 5.16. The fourth-order valence-corrected chi connectivity index (χ4v) is 2.18. The molecule has 24 heavy (non-hydrogen) atoms. The molecule has 0 saturated heterocycles. The Morgan fingerprint density at radius 2 is 1.92 bits per heavy atom. The zero-order chi connectivity index (χ0) is 16.7. The zero-order valence-electron chi connectivity index (χ0n) is 14.2.